The summed E-state index contributed by atoms with van der Waals surface area (Å²) < 4.78 is 73.2. The van der Waals surface area contributed by atoms with Crippen molar-refractivity contribution in [3.8, 4) is 0 Å². The van der Waals surface area contributed by atoms with Crippen molar-refractivity contribution in [2.24, 2.45) is 19.8 Å². The number of hydrogen-bond acceptors (Lipinski definition) is 11. The third-order valence-electron chi connectivity index (χ3n) is 13.8. The number of nitrogens with zero attached hydrogens (tertiary/aromatic N) is 5. The van der Waals surface area contributed by atoms with Gasteiger partial charge >= 0.3 is 0 Å². The summed E-state index contributed by atoms with van der Waals surface area (Å²) in [6.45, 7) is 11.9. The van der Waals surface area contributed by atoms with Crippen LogP contribution in [0.5, 0.6) is 0 Å². The van der Waals surface area contributed by atoms with Crippen LogP contribution in [0.4, 0.5) is 5.69 Å². The largest absolute Gasteiger partial charge is 0.372 e. The number of aryl methyl sites for hydroxylation is 1. The number of fused-ring (bicyclic) bond motifs is 2. The van der Waals surface area contributed by atoms with Crippen LogP contribution in [-0.2, 0) is 74.4 Å². The first kappa shape index (κ1) is 56.2. The summed E-state index contributed by atoms with van der Waals surface area (Å²) in [5.41, 5.74) is 13.4. The fraction of sp³-hybridized carbons (Fsp3) is 0.370. The summed E-state index contributed by atoms with van der Waals surface area (Å²) in [5, 5.41) is 15.2. The van der Waals surface area contributed by atoms with Gasteiger partial charge in [-0.2, -0.15) is 8.42 Å². The molecule has 75 heavy (non-hydrogen) atoms. The maximum Gasteiger partial charge on any atom is 0.295 e. The van der Waals surface area contributed by atoms with Gasteiger partial charge in [-0.3, -0.25) is 29.2 Å². The third-order valence-corrected chi connectivity index (χ3v) is 17.0. The van der Waals surface area contributed by atoms with Gasteiger partial charge in [0.1, 0.15) is 35.4 Å². The topological polar surface area (TPSA) is 246 Å². The second-order valence-corrected chi connectivity index (χ2v) is 22.7. The molecule has 18 nitrogen and oxygen atoms in total. The van der Waals surface area contributed by atoms with E-state index in [4.69, 9.17) is 11.1 Å². The van der Waals surface area contributed by atoms with Crippen LogP contribution in [0.25, 0.3) is 5.57 Å². The number of nitrogens with two attached hydrogens (primary N) is 1. The average Bonchev–Trinajstić information content (AvgIpc) is 3.89. The summed E-state index contributed by atoms with van der Waals surface area (Å²) in [6.07, 6.45) is 10.8. The molecule has 0 saturated carbocycles. The van der Waals surface area contributed by atoms with E-state index in [0.29, 0.717) is 24.2 Å². The number of amides is 3. The molecule has 0 spiro atoms. The predicted octanol–water partition coefficient (Wildman–Crippen LogP) is 4.45. The molecule has 0 saturated heterocycles. The number of benzene rings is 3. The molecule has 0 fully saturated rings. The molecule has 5 aromatic rings. The van der Waals surface area contributed by atoms with E-state index < -0.39 is 54.8 Å². The summed E-state index contributed by atoms with van der Waals surface area (Å²) >= 11 is 1.16. The van der Waals surface area contributed by atoms with E-state index in [9.17, 15) is 35.8 Å². The van der Waals surface area contributed by atoms with Gasteiger partial charge in [-0.1, -0.05) is 74.5 Å². The zero-order chi connectivity index (χ0) is 54.2. The number of rotatable bonds is 25. The van der Waals surface area contributed by atoms with Gasteiger partial charge in [-0.25, -0.2) is 22.3 Å². The maximum absolute atomic E-state index is 14.0. The Morgan fingerprint density at radius 1 is 0.867 bits per heavy atom. The maximum atomic E-state index is 14.0. The molecule has 2 aromatic heterocycles. The highest BCUT2D eigenvalue weighted by molar-refractivity contribution is 7.89. The first-order valence-corrected chi connectivity index (χ1v) is 29.0. The van der Waals surface area contributed by atoms with E-state index in [0.717, 1.165) is 88.8 Å². The van der Waals surface area contributed by atoms with E-state index in [1.807, 2.05) is 83.3 Å². The smallest absolute Gasteiger partial charge is 0.295 e. The highest BCUT2D eigenvalue weighted by Gasteiger charge is 2.33. The molecule has 7 N–H and O–H groups in total. The Kier molecular flexibility index (Phi) is 18.3. The zero-order valence-corrected chi connectivity index (χ0v) is 45.7. The van der Waals surface area contributed by atoms with Crippen molar-refractivity contribution in [2.75, 3.05) is 37.6 Å². The Balaban J connectivity index is 1.09. The number of unbranched alkanes of at least 4 members (excludes halogenated alkanes) is 1. The minimum absolute atomic E-state index is 0.0431. The third kappa shape index (κ3) is 13.5. The standard InChI is InChI=1S/C54H67N10O8S3/c1-7-63(8-2)39-19-22-44-37(27-39)26-38-28-40(64(9-3)10-4)20-23-45(38)51(44)46-24-21-43(31-49(46)75(70,71)72)74(68,69)57-25-15-14-18-47(58-50(65)30-42-34-73-54(56)61(42)6)53(67)59-48(52(55)66)29-41-33-62(35-60(41)5)32-36-16-12-11-13-17-36/h11-13,16-17,19-24,27-28,31,33-35,47-48,56-57H,7-10,14-15,18,25-26,29-30,32H2,1-6H3,(H4-,55,58,59,65,66,67,70,71,72)/p+1/t47-,48-/m0/s1. The highest BCUT2D eigenvalue weighted by atomic mass is 32.2. The van der Waals surface area contributed by atoms with E-state index in [2.05, 4.69) is 65.0 Å². The lowest BCUT2D eigenvalue weighted by Crippen LogP contribution is -2.54. The van der Waals surface area contributed by atoms with E-state index >= 15 is 0 Å². The lowest BCUT2D eigenvalue weighted by molar-refractivity contribution is -0.688. The van der Waals surface area contributed by atoms with Crippen LogP contribution < -0.4 is 35.4 Å². The molecule has 3 aromatic carbocycles. The van der Waals surface area contributed by atoms with Gasteiger partial charge in [-0.05, 0) is 110 Å². The molecular formula is C54H68N10O8S3+. The molecule has 2 aliphatic carbocycles. The molecule has 3 amide bonds. The molecule has 0 unspecified atom stereocenters. The van der Waals surface area contributed by atoms with Crippen LogP contribution in [0, 0.1) is 11.5 Å². The van der Waals surface area contributed by atoms with Crippen LogP contribution in [-0.4, -0.2) is 98.0 Å². The number of hydrogen-bond donors (Lipinski definition) is 6. The first-order chi connectivity index (χ1) is 35.7. The van der Waals surface area contributed by atoms with Crippen LogP contribution >= 0.6 is 11.3 Å². The summed E-state index contributed by atoms with van der Waals surface area (Å²) in [4.78, 5) is 44.0. The number of thiazole rings is 1. The second-order valence-electron chi connectivity index (χ2n) is 18.7. The van der Waals surface area contributed by atoms with Crippen molar-refractivity contribution in [2.45, 2.75) is 94.6 Å². The van der Waals surface area contributed by atoms with Gasteiger partial charge in [0, 0.05) is 55.4 Å². The summed E-state index contributed by atoms with van der Waals surface area (Å²) in [6, 6.07) is 18.3. The fourth-order valence-electron chi connectivity index (χ4n) is 9.65. The van der Waals surface area contributed by atoms with Gasteiger partial charge in [0.15, 0.2) is 4.80 Å². The Labute approximate surface area is 444 Å². The molecule has 7 rings (SSSR count). The molecule has 2 heterocycles. The number of primary amides is 1. The number of anilines is 1. The molecular weight excluding hydrogens is 1010 g/mol. The number of sulfonamides is 1. The Morgan fingerprint density at radius 3 is 2.23 bits per heavy atom. The Morgan fingerprint density at radius 2 is 1.57 bits per heavy atom. The summed E-state index contributed by atoms with van der Waals surface area (Å²) in [5.74, 6) is -1.95. The number of likely N-dealkylation sites (N-methyl/N-ethyl adjacent to an activating group) is 1. The quantitative estimate of drug-likeness (QED) is 0.0273. The molecule has 2 aliphatic rings. The zero-order valence-electron chi connectivity index (χ0n) is 43.3. The lowest BCUT2D eigenvalue weighted by Gasteiger charge is -2.33. The molecule has 0 aliphatic heterocycles. The van der Waals surface area contributed by atoms with Crippen molar-refractivity contribution in [1.82, 2.24) is 29.4 Å². The highest BCUT2D eigenvalue weighted by Crippen LogP contribution is 2.45. The number of carbonyl (C=O) groups excluding carboxylic acids is 3. The minimum atomic E-state index is -5.00. The van der Waals surface area contributed by atoms with Crippen molar-refractivity contribution >= 4 is 60.5 Å². The van der Waals surface area contributed by atoms with Crippen LogP contribution in [0.1, 0.15) is 80.6 Å². The molecule has 21 heteroatoms. The Hall–Kier alpha value is -6.49. The van der Waals surface area contributed by atoms with Crippen LogP contribution in [0.15, 0.2) is 124 Å². The van der Waals surface area contributed by atoms with Gasteiger partial charge in [0.05, 0.1) is 24.4 Å². The van der Waals surface area contributed by atoms with Crippen LogP contribution in [0.3, 0.4) is 0 Å². The first-order valence-electron chi connectivity index (χ1n) is 25.1. The van der Waals surface area contributed by atoms with Crippen molar-refractivity contribution < 1.29 is 40.3 Å². The number of nitrogens with one attached hydrogen (secondary N) is 4. The monoisotopic (exact) mass is 1080 g/mol. The van der Waals surface area contributed by atoms with E-state index in [-0.39, 0.29) is 53.9 Å². The van der Waals surface area contributed by atoms with Crippen LogP contribution in [0.2, 0.25) is 0 Å². The predicted molar refractivity (Wildman–Crippen MR) is 289 cm³/mol. The SMILES string of the molecule is CCN(CC)[C]1C=CC2=C(c3ccc(S(=O)(=O)NCCCC[C@H](NC(=O)Cc4csc(=N)n4C)C(=O)N[C@@H](Cc4c[n+](Cc5ccccc5)cn4C)C(N)=O)cc3S(=O)(=O)O)c3ccc(N(CC)CC)cc3CC2=C1. The second kappa shape index (κ2) is 24.5. The lowest BCUT2D eigenvalue weighted by atomic mass is 9.77. The van der Waals surface area contributed by atoms with Gasteiger partial charge in [-0.15, -0.1) is 11.3 Å². The van der Waals surface area contributed by atoms with E-state index in [1.165, 1.54) is 12.1 Å². The molecule has 399 valence electrons. The summed E-state index contributed by atoms with van der Waals surface area (Å²) in [7, 11) is -5.88. The average molecular weight is 1080 g/mol. The molecule has 0 bridgehead atoms. The van der Waals surface area contributed by atoms with Gasteiger partial charge < -0.3 is 25.8 Å². The van der Waals surface area contributed by atoms with Crippen molar-refractivity contribution in [1.29, 1.82) is 5.41 Å². The number of carbonyl (C=O) groups is 3. The number of imidazole rings is 1. The number of aromatic nitrogens is 3. The normalized spacial score (nSPS) is 14.5. The number of allylic oxidation sites excluding steroid dienone is 3. The fourth-order valence-corrected chi connectivity index (χ4v) is 12.3. The minimum Gasteiger partial charge on any atom is -0.372 e. The van der Waals surface area contributed by atoms with Gasteiger partial charge in [0.2, 0.25) is 34.1 Å². The van der Waals surface area contributed by atoms with E-state index in [1.54, 1.807) is 17.0 Å². The molecule has 1 radical (unpaired) electrons. The Bertz CT molecular complexity index is 3300. The molecule has 2 atom stereocenters. The van der Waals surface area contributed by atoms with Crippen molar-refractivity contribution in [3.05, 3.63) is 158 Å². The van der Waals surface area contributed by atoms with Gasteiger partial charge in [0.25, 0.3) is 10.1 Å². The van der Waals surface area contributed by atoms with Crippen molar-refractivity contribution in [3.63, 3.8) is 0 Å².